The molecule has 0 saturated carbocycles. The Morgan fingerprint density at radius 2 is 1.49 bits per heavy atom. The van der Waals surface area contributed by atoms with Crippen molar-refractivity contribution < 1.29 is 33.5 Å². The molecule has 1 fully saturated rings. The summed E-state index contributed by atoms with van der Waals surface area (Å²) >= 11 is 6.34. The van der Waals surface area contributed by atoms with E-state index in [4.69, 9.17) is 25.9 Å². The van der Waals surface area contributed by atoms with E-state index < -0.39 is 36.0 Å². The molecule has 0 atom stereocenters. The Morgan fingerprint density at radius 3 is 2.00 bits per heavy atom. The highest BCUT2D eigenvalue weighted by molar-refractivity contribution is 6.34. The number of carbonyl (C=O) groups is 4. The maximum Gasteiger partial charge on any atom is 0.418 e. The van der Waals surface area contributed by atoms with Crippen LogP contribution in [0.4, 0.5) is 10.5 Å². The van der Waals surface area contributed by atoms with Gasteiger partial charge in [0, 0.05) is 6.92 Å². The van der Waals surface area contributed by atoms with Crippen molar-refractivity contribution in [2.24, 2.45) is 0 Å². The first kappa shape index (κ1) is 35.9. The molecule has 0 radical (unpaired) electrons. The van der Waals surface area contributed by atoms with Crippen LogP contribution in [0.2, 0.25) is 5.02 Å². The third-order valence-corrected chi connectivity index (χ3v) is 7.53. The lowest BCUT2D eigenvalue weighted by molar-refractivity contribution is -0.137. The van der Waals surface area contributed by atoms with E-state index in [1.807, 2.05) is 0 Å². The van der Waals surface area contributed by atoms with Crippen LogP contribution in [0.5, 0.6) is 0 Å². The van der Waals surface area contributed by atoms with Crippen molar-refractivity contribution >= 4 is 41.2 Å². The fraction of sp³-hybridized carbons (Fsp3) is 0.636. The Bertz CT molecular complexity index is 1140. The van der Waals surface area contributed by atoms with Gasteiger partial charge in [-0.3, -0.25) is 9.59 Å². The number of hydrogen-bond donors (Lipinski definition) is 0. The van der Waals surface area contributed by atoms with Crippen LogP contribution in [-0.4, -0.2) is 47.5 Å². The largest absolute Gasteiger partial charge is 0.462 e. The van der Waals surface area contributed by atoms with Gasteiger partial charge < -0.3 is 14.3 Å². The van der Waals surface area contributed by atoms with Gasteiger partial charge in [0.25, 0.3) is 11.8 Å². The second kappa shape index (κ2) is 19.1. The molecule has 1 heterocycles. The number of amides is 3. The first-order valence-electron chi connectivity index (χ1n) is 15.6. The molecular formula is C33H47ClN2O7. The number of anilines is 1. The molecule has 0 aromatic heterocycles. The van der Waals surface area contributed by atoms with Gasteiger partial charge in [-0.1, -0.05) is 108 Å². The zero-order chi connectivity index (χ0) is 31.7. The summed E-state index contributed by atoms with van der Waals surface area (Å²) in [7, 11) is 0. The number of rotatable bonds is 20. The molecular weight excluding hydrogens is 572 g/mol. The Balaban J connectivity index is 1.79. The Hall–Kier alpha value is -3.25. The van der Waals surface area contributed by atoms with Crippen LogP contribution in [-0.2, 0) is 23.9 Å². The zero-order valence-electron chi connectivity index (χ0n) is 26.2. The Kier molecular flexibility index (Phi) is 16.0. The monoisotopic (exact) mass is 618 g/mol. The molecule has 10 heteroatoms. The number of hydroxylamine groups is 1. The second-order valence-corrected chi connectivity index (χ2v) is 11.7. The number of nitrogens with zero attached hydrogens (tertiary/aromatic N) is 2. The van der Waals surface area contributed by atoms with Gasteiger partial charge in [0.1, 0.15) is 18.3 Å². The number of esters is 1. The maximum absolute atomic E-state index is 13.1. The molecule has 1 aromatic rings. The van der Waals surface area contributed by atoms with E-state index in [-0.39, 0.29) is 22.9 Å². The topological polar surface area (TPSA) is 102 Å². The van der Waals surface area contributed by atoms with E-state index >= 15 is 0 Å². The molecule has 3 amide bonds. The summed E-state index contributed by atoms with van der Waals surface area (Å²) in [5.41, 5.74) is -1.21. The molecule has 1 aliphatic heterocycles. The maximum atomic E-state index is 13.1. The van der Waals surface area contributed by atoms with E-state index in [2.05, 4.69) is 19.0 Å². The van der Waals surface area contributed by atoms with Crippen LogP contribution in [0.1, 0.15) is 128 Å². The molecule has 0 spiro atoms. The van der Waals surface area contributed by atoms with Gasteiger partial charge in [-0.15, -0.1) is 5.06 Å². The summed E-state index contributed by atoms with van der Waals surface area (Å²) < 4.78 is 10.5. The van der Waals surface area contributed by atoms with Crippen molar-refractivity contribution in [1.29, 1.82) is 0 Å². The van der Waals surface area contributed by atoms with Crippen molar-refractivity contribution in [2.75, 3.05) is 18.2 Å². The molecule has 1 aromatic carbocycles. The van der Waals surface area contributed by atoms with E-state index in [1.165, 1.54) is 110 Å². The molecule has 0 aliphatic carbocycles. The van der Waals surface area contributed by atoms with Crippen LogP contribution in [0.3, 0.4) is 0 Å². The summed E-state index contributed by atoms with van der Waals surface area (Å²) in [6.07, 6.45) is 18.7. The highest BCUT2D eigenvalue weighted by Gasteiger charge is 2.48. The predicted octanol–water partition coefficient (Wildman–Crippen LogP) is 7.98. The van der Waals surface area contributed by atoms with Crippen LogP contribution < -0.4 is 5.06 Å². The molecule has 43 heavy (non-hydrogen) atoms. The summed E-state index contributed by atoms with van der Waals surface area (Å²) in [5.74, 6) is 0.448. The first-order valence-corrected chi connectivity index (χ1v) is 15.9. The minimum Gasteiger partial charge on any atom is -0.462 e. The standard InChI is InChI=1S/C33H47ClN2O7/c1-5-7-8-9-10-11-12-13-14-15-16-17-18-19-23-41-30(38)26-20-21-27(34)28(24-26)36(42-22-6-2)29(37)25-35-31(39)33(3,4)43-32(35)40/h20-21,24H,5,7-19,23,25H2,1-4H3. The normalized spacial score (nSPS) is 13.7. The number of ether oxygens (including phenoxy) is 2. The predicted molar refractivity (Wildman–Crippen MR) is 166 cm³/mol. The summed E-state index contributed by atoms with van der Waals surface area (Å²) in [6.45, 7) is 6.22. The van der Waals surface area contributed by atoms with Gasteiger partial charge in [-0.2, -0.15) is 0 Å². The molecule has 2 rings (SSSR count). The highest BCUT2D eigenvalue weighted by atomic mass is 35.5. The smallest absolute Gasteiger partial charge is 0.418 e. The fourth-order valence-electron chi connectivity index (χ4n) is 4.73. The van der Waals surface area contributed by atoms with Gasteiger partial charge in [0.2, 0.25) is 0 Å². The number of imide groups is 1. The summed E-state index contributed by atoms with van der Waals surface area (Å²) in [6, 6.07) is 4.26. The van der Waals surface area contributed by atoms with Crippen LogP contribution >= 0.6 is 11.6 Å². The Morgan fingerprint density at radius 1 is 0.930 bits per heavy atom. The molecule has 1 aliphatic rings. The first-order chi connectivity index (χ1) is 20.6. The lowest BCUT2D eigenvalue weighted by Crippen LogP contribution is -2.44. The van der Waals surface area contributed by atoms with E-state index in [1.54, 1.807) is 0 Å². The molecule has 238 valence electrons. The number of hydrogen-bond acceptors (Lipinski definition) is 7. The summed E-state index contributed by atoms with van der Waals surface area (Å²) in [4.78, 5) is 56.5. The summed E-state index contributed by atoms with van der Waals surface area (Å²) in [5, 5.41) is 0.834. The molecule has 9 nitrogen and oxygen atoms in total. The van der Waals surface area contributed by atoms with E-state index in [0.29, 0.717) is 4.90 Å². The SMILES string of the molecule is CC#CON(C(=O)CN1C(=O)OC(C)(C)C1=O)c1cc(C(=O)OCCCCCCCCCCCCCCCC)ccc1Cl. The third kappa shape index (κ3) is 12.1. The van der Waals surface area contributed by atoms with Gasteiger partial charge in [0.15, 0.2) is 5.60 Å². The minimum atomic E-state index is -1.39. The van der Waals surface area contributed by atoms with Crippen molar-refractivity contribution in [1.82, 2.24) is 4.90 Å². The molecule has 0 unspecified atom stereocenters. The van der Waals surface area contributed by atoms with Crippen molar-refractivity contribution in [2.45, 2.75) is 123 Å². The van der Waals surface area contributed by atoms with E-state index in [0.717, 1.165) is 24.3 Å². The average molecular weight is 619 g/mol. The van der Waals surface area contributed by atoms with Crippen molar-refractivity contribution in [3.63, 3.8) is 0 Å². The lowest BCUT2D eigenvalue weighted by atomic mass is 10.0. The second-order valence-electron chi connectivity index (χ2n) is 11.3. The van der Waals surface area contributed by atoms with Crippen LogP contribution in [0.25, 0.3) is 0 Å². The lowest BCUT2D eigenvalue weighted by Gasteiger charge is -2.22. The number of unbranched alkanes of at least 4 members (excludes halogenated alkanes) is 13. The molecule has 0 N–H and O–H groups in total. The quantitative estimate of drug-likeness (QED) is 0.0631. The number of benzene rings is 1. The van der Waals surface area contributed by atoms with Crippen LogP contribution in [0, 0.1) is 12.0 Å². The van der Waals surface area contributed by atoms with Crippen LogP contribution in [0.15, 0.2) is 18.2 Å². The average Bonchev–Trinajstić information content (AvgIpc) is 3.17. The molecule has 0 bridgehead atoms. The van der Waals surface area contributed by atoms with Crippen molar-refractivity contribution in [3.05, 3.63) is 28.8 Å². The van der Waals surface area contributed by atoms with Gasteiger partial charge in [-0.05, 0) is 38.5 Å². The number of halogens is 1. The number of cyclic esters (lactones) is 1. The van der Waals surface area contributed by atoms with Gasteiger partial charge in [-0.25, -0.2) is 14.5 Å². The number of carbonyl (C=O) groups excluding carboxylic acids is 4. The van der Waals surface area contributed by atoms with Gasteiger partial charge in [0.05, 0.1) is 17.2 Å². The molecule has 1 saturated heterocycles. The van der Waals surface area contributed by atoms with Crippen molar-refractivity contribution in [3.8, 4) is 12.0 Å². The van der Waals surface area contributed by atoms with Gasteiger partial charge >= 0.3 is 12.1 Å². The third-order valence-electron chi connectivity index (χ3n) is 7.21. The highest BCUT2D eigenvalue weighted by Crippen LogP contribution is 2.29. The van der Waals surface area contributed by atoms with E-state index in [9.17, 15) is 19.2 Å². The Labute approximate surface area is 261 Å². The fourth-order valence-corrected chi connectivity index (χ4v) is 4.92. The zero-order valence-corrected chi connectivity index (χ0v) is 26.9. The minimum absolute atomic E-state index is 0.0135.